The highest BCUT2D eigenvalue weighted by Gasteiger charge is 2.21. The number of carbonyl (C=O) groups is 1. The van der Waals surface area contributed by atoms with Gasteiger partial charge >= 0.3 is 5.97 Å². The number of aliphatic hydroxyl groups is 1. The molecule has 0 aliphatic heterocycles. The lowest BCUT2D eigenvalue weighted by atomic mass is 9.96. The Morgan fingerprint density at radius 1 is 1.14 bits per heavy atom. The van der Waals surface area contributed by atoms with Gasteiger partial charge in [-0.2, -0.15) is 0 Å². The number of ether oxygens (including phenoxy) is 1. The minimum atomic E-state index is -1.20. The highest BCUT2D eigenvalue weighted by atomic mass is 35.5. The summed E-state index contributed by atoms with van der Waals surface area (Å²) in [6.45, 7) is 0. The Labute approximate surface area is 131 Å². The summed E-state index contributed by atoms with van der Waals surface area (Å²) in [7, 11) is 1.45. The molecule has 4 nitrogen and oxygen atoms in total. The lowest BCUT2D eigenvalue weighted by Gasteiger charge is -2.16. The summed E-state index contributed by atoms with van der Waals surface area (Å²) in [6, 6.07) is 9.12. The smallest absolute Gasteiger partial charge is 0.336 e. The number of carboxylic acid groups (broad SMARTS) is 1. The number of benzene rings is 2. The quantitative estimate of drug-likeness (QED) is 0.897. The molecule has 1 unspecified atom stereocenters. The molecule has 0 bridgehead atoms. The first-order valence-corrected chi connectivity index (χ1v) is 6.74. The van der Waals surface area contributed by atoms with Crippen LogP contribution >= 0.6 is 23.2 Å². The van der Waals surface area contributed by atoms with Crippen LogP contribution < -0.4 is 4.74 Å². The van der Waals surface area contributed by atoms with Crippen LogP contribution in [0.5, 0.6) is 5.75 Å². The number of hydrogen-bond donors (Lipinski definition) is 2. The zero-order valence-electron chi connectivity index (χ0n) is 11.0. The van der Waals surface area contributed by atoms with Crippen molar-refractivity contribution in [3.05, 3.63) is 63.1 Å². The van der Waals surface area contributed by atoms with Crippen LogP contribution in [0.3, 0.4) is 0 Å². The van der Waals surface area contributed by atoms with Crippen LogP contribution in [-0.4, -0.2) is 23.3 Å². The van der Waals surface area contributed by atoms with Crippen molar-refractivity contribution in [3.8, 4) is 5.75 Å². The Morgan fingerprint density at radius 3 is 2.43 bits per heavy atom. The van der Waals surface area contributed by atoms with Gasteiger partial charge in [-0.1, -0.05) is 41.4 Å². The van der Waals surface area contributed by atoms with Gasteiger partial charge in [-0.05, 0) is 17.7 Å². The molecule has 0 amide bonds. The maximum Gasteiger partial charge on any atom is 0.336 e. The summed E-state index contributed by atoms with van der Waals surface area (Å²) < 4.78 is 5.04. The molecule has 0 spiro atoms. The minimum absolute atomic E-state index is 0.00741. The van der Waals surface area contributed by atoms with Crippen molar-refractivity contribution in [3.63, 3.8) is 0 Å². The average Bonchev–Trinajstić information content (AvgIpc) is 2.48. The standard InChI is InChI=1S/C15H12Cl2O4/c1-21-13-7-11(16)10(6-12(13)17)14(18)8-4-2-3-5-9(8)15(19)20/h2-7,14,18H,1H3,(H,19,20). The molecule has 0 heterocycles. The van der Waals surface area contributed by atoms with E-state index in [1.165, 1.54) is 31.4 Å². The molecule has 2 aromatic carbocycles. The van der Waals surface area contributed by atoms with Gasteiger partial charge in [-0.3, -0.25) is 0 Å². The molecule has 0 radical (unpaired) electrons. The van der Waals surface area contributed by atoms with Crippen molar-refractivity contribution in [1.29, 1.82) is 0 Å². The molecule has 0 aliphatic rings. The van der Waals surface area contributed by atoms with Crippen LogP contribution in [0.15, 0.2) is 36.4 Å². The molecule has 2 N–H and O–H groups in total. The second kappa shape index (κ2) is 6.35. The number of aliphatic hydroxyl groups excluding tert-OH is 1. The van der Waals surface area contributed by atoms with Gasteiger partial charge in [0.1, 0.15) is 11.9 Å². The summed E-state index contributed by atoms with van der Waals surface area (Å²) in [5.41, 5.74) is 0.567. The van der Waals surface area contributed by atoms with Crippen LogP contribution in [-0.2, 0) is 0 Å². The Hall–Kier alpha value is -1.75. The van der Waals surface area contributed by atoms with Gasteiger partial charge in [0.15, 0.2) is 0 Å². The largest absolute Gasteiger partial charge is 0.495 e. The van der Waals surface area contributed by atoms with Gasteiger partial charge in [0, 0.05) is 11.6 Å². The van der Waals surface area contributed by atoms with Gasteiger partial charge in [-0.15, -0.1) is 0 Å². The molecule has 0 fully saturated rings. The maximum absolute atomic E-state index is 11.2. The van der Waals surface area contributed by atoms with E-state index in [0.29, 0.717) is 11.3 Å². The Balaban J connectivity index is 2.53. The molecule has 21 heavy (non-hydrogen) atoms. The van der Waals surface area contributed by atoms with Crippen molar-refractivity contribution in [2.24, 2.45) is 0 Å². The number of hydrogen-bond acceptors (Lipinski definition) is 3. The summed E-state index contributed by atoms with van der Waals surface area (Å²) in [4.78, 5) is 11.2. The number of rotatable bonds is 4. The SMILES string of the molecule is COc1cc(Cl)c(C(O)c2ccccc2C(=O)O)cc1Cl. The van der Waals surface area contributed by atoms with E-state index in [1.807, 2.05) is 0 Å². The van der Waals surface area contributed by atoms with E-state index >= 15 is 0 Å². The van der Waals surface area contributed by atoms with Gasteiger partial charge < -0.3 is 14.9 Å². The molecule has 0 saturated heterocycles. The van der Waals surface area contributed by atoms with E-state index in [9.17, 15) is 15.0 Å². The first kappa shape index (κ1) is 15.6. The van der Waals surface area contributed by atoms with Crippen molar-refractivity contribution < 1.29 is 19.7 Å². The maximum atomic E-state index is 11.2. The van der Waals surface area contributed by atoms with Crippen molar-refractivity contribution >= 4 is 29.2 Å². The minimum Gasteiger partial charge on any atom is -0.495 e. The van der Waals surface area contributed by atoms with Crippen molar-refractivity contribution in [1.82, 2.24) is 0 Å². The zero-order valence-corrected chi connectivity index (χ0v) is 12.5. The zero-order chi connectivity index (χ0) is 15.6. The van der Waals surface area contributed by atoms with Crippen LogP contribution in [0.4, 0.5) is 0 Å². The van der Waals surface area contributed by atoms with E-state index in [0.717, 1.165) is 0 Å². The summed E-state index contributed by atoms with van der Waals surface area (Å²) >= 11 is 12.1. The third-order valence-electron chi connectivity index (χ3n) is 3.05. The van der Waals surface area contributed by atoms with Crippen LogP contribution in [0, 0.1) is 0 Å². The fourth-order valence-corrected chi connectivity index (χ4v) is 2.51. The topological polar surface area (TPSA) is 66.8 Å². The highest BCUT2D eigenvalue weighted by molar-refractivity contribution is 6.34. The lowest BCUT2D eigenvalue weighted by molar-refractivity contribution is 0.0691. The third kappa shape index (κ3) is 3.13. The Morgan fingerprint density at radius 2 is 1.81 bits per heavy atom. The normalized spacial score (nSPS) is 12.0. The molecular formula is C15H12Cl2O4. The van der Waals surface area contributed by atoms with E-state index in [-0.39, 0.29) is 21.2 Å². The number of carboxylic acids is 1. The van der Waals surface area contributed by atoms with Crippen molar-refractivity contribution in [2.75, 3.05) is 7.11 Å². The molecule has 2 rings (SSSR count). The average molecular weight is 327 g/mol. The van der Waals surface area contributed by atoms with Gasteiger partial charge in [0.25, 0.3) is 0 Å². The van der Waals surface area contributed by atoms with Gasteiger partial charge in [-0.25, -0.2) is 4.79 Å². The van der Waals surface area contributed by atoms with Crippen LogP contribution in [0.1, 0.15) is 27.6 Å². The number of aromatic carboxylic acids is 1. The summed E-state index contributed by atoms with van der Waals surface area (Å²) in [5, 5.41) is 20.1. The lowest BCUT2D eigenvalue weighted by Crippen LogP contribution is -2.08. The molecule has 0 saturated carbocycles. The first-order valence-electron chi connectivity index (χ1n) is 5.99. The Kier molecular flexibility index (Phi) is 4.73. The second-order valence-corrected chi connectivity index (χ2v) is 5.12. The molecule has 2 aromatic rings. The summed E-state index contributed by atoms with van der Waals surface area (Å²) in [6.07, 6.45) is -1.20. The predicted molar refractivity (Wildman–Crippen MR) is 80.5 cm³/mol. The van der Waals surface area contributed by atoms with E-state index in [1.54, 1.807) is 12.1 Å². The molecule has 1 atom stereocenters. The van der Waals surface area contributed by atoms with Gasteiger partial charge in [0.05, 0.1) is 22.7 Å². The molecule has 0 aromatic heterocycles. The fraction of sp³-hybridized carbons (Fsp3) is 0.133. The van der Waals surface area contributed by atoms with Gasteiger partial charge in [0.2, 0.25) is 0 Å². The highest BCUT2D eigenvalue weighted by Crippen LogP contribution is 2.36. The van der Waals surface area contributed by atoms with E-state index in [2.05, 4.69) is 0 Å². The summed E-state index contributed by atoms with van der Waals surface area (Å²) in [5.74, 6) is -0.746. The predicted octanol–water partition coefficient (Wildman–Crippen LogP) is 3.78. The second-order valence-electron chi connectivity index (χ2n) is 4.30. The fourth-order valence-electron chi connectivity index (χ4n) is 2.01. The molecular weight excluding hydrogens is 315 g/mol. The van der Waals surface area contributed by atoms with E-state index in [4.69, 9.17) is 27.9 Å². The van der Waals surface area contributed by atoms with Crippen molar-refractivity contribution in [2.45, 2.75) is 6.10 Å². The monoisotopic (exact) mass is 326 g/mol. The molecule has 6 heteroatoms. The number of methoxy groups -OCH3 is 1. The molecule has 0 aliphatic carbocycles. The first-order chi connectivity index (χ1) is 9.95. The van der Waals surface area contributed by atoms with E-state index < -0.39 is 12.1 Å². The molecule has 110 valence electrons. The third-order valence-corrected chi connectivity index (χ3v) is 3.67. The Bertz CT molecular complexity index is 685. The number of halogens is 2. The van der Waals surface area contributed by atoms with Crippen LogP contribution in [0.2, 0.25) is 10.0 Å². The van der Waals surface area contributed by atoms with Crippen LogP contribution in [0.25, 0.3) is 0 Å².